The smallest absolute Gasteiger partial charge is 0.153 e. The van der Waals surface area contributed by atoms with Crippen LogP contribution in [-0.4, -0.2) is 16.1 Å². The van der Waals surface area contributed by atoms with E-state index in [1.54, 1.807) is 6.20 Å². The molecule has 0 atom stereocenters. The fourth-order valence-corrected chi connectivity index (χ4v) is 1.68. The molecule has 0 amide bonds. The molecule has 0 unspecified atom stereocenters. The molecule has 1 heterocycles. The van der Waals surface area contributed by atoms with Crippen molar-refractivity contribution >= 4 is 6.29 Å². The van der Waals surface area contributed by atoms with Gasteiger partial charge in [-0.25, -0.2) is 0 Å². The van der Waals surface area contributed by atoms with Crippen LogP contribution in [0.3, 0.4) is 0 Å². The number of aldehydes is 1. The van der Waals surface area contributed by atoms with Crippen molar-refractivity contribution in [3.63, 3.8) is 0 Å². The Morgan fingerprint density at radius 2 is 2.31 bits per heavy atom. The van der Waals surface area contributed by atoms with Gasteiger partial charge >= 0.3 is 0 Å². The maximum absolute atomic E-state index is 10.7. The van der Waals surface area contributed by atoms with Crippen molar-refractivity contribution in [2.45, 2.75) is 38.6 Å². The number of nitrogens with zero attached hydrogens (tertiary/aromatic N) is 2. The first-order valence-corrected chi connectivity index (χ1v) is 4.76. The molecule has 2 rings (SSSR count). The van der Waals surface area contributed by atoms with Gasteiger partial charge in [0.2, 0.25) is 0 Å². The van der Waals surface area contributed by atoms with Gasteiger partial charge in [-0.3, -0.25) is 9.48 Å². The van der Waals surface area contributed by atoms with Gasteiger partial charge < -0.3 is 0 Å². The van der Waals surface area contributed by atoms with Gasteiger partial charge in [-0.2, -0.15) is 5.10 Å². The zero-order chi connectivity index (χ0) is 9.42. The first-order chi connectivity index (χ1) is 6.24. The first-order valence-electron chi connectivity index (χ1n) is 4.76. The van der Waals surface area contributed by atoms with Crippen LogP contribution in [0.25, 0.3) is 0 Å². The van der Waals surface area contributed by atoms with Crippen LogP contribution >= 0.6 is 0 Å². The highest BCUT2D eigenvalue weighted by atomic mass is 16.1. The monoisotopic (exact) mass is 178 g/mol. The molecule has 13 heavy (non-hydrogen) atoms. The molecule has 1 aliphatic carbocycles. The summed E-state index contributed by atoms with van der Waals surface area (Å²) in [5.41, 5.74) is 1.85. The summed E-state index contributed by atoms with van der Waals surface area (Å²) in [6, 6.07) is 0.561. The maximum Gasteiger partial charge on any atom is 0.153 e. The molecule has 0 aromatic carbocycles. The highest BCUT2D eigenvalue weighted by Crippen LogP contribution is 2.37. The van der Waals surface area contributed by atoms with Crippen LogP contribution in [0.15, 0.2) is 6.20 Å². The minimum atomic E-state index is 0.378. The van der Waals surface area contributed by atoms with E-state index in [-0.39, 0.29) is 0 Å². The van der Waals surface area contributed by atoms with Crippen molar-refractivity contribution in [1.29, 1.82) is 0 Å². The minimum Gasteiger partial charge on any atom is -0.298 e. The second-order valence-electron chi connectivity index (χ2n) is 3.93. The van der Waals surface area contributed by atoms with Gasteiger partial charge in [-0.15, -0.1) is 0 Å². The Morgan fingerprint density at radius 1 is 1.62 bits per heavy atom. The maximum atomic E-state index is 10.7. The Bertz CT molecular complexity index is 324. The van der Waals surface area contributed by atoms with E-state index in [0.717, 1.165) is 17.5 Å². The van der Waals surface area contributed by atoms with Crippen molar-refractivity contribution in [1.82, 2.24) is 9.78 Å². The summed E-state index contributed by atoms with van der Waals surface area (Å²) in [4.78, 5) is 10.7. The molecule has 1 aromatic heterocycles. The van der Waals surface area contributed by atoms with Crippen molar-refractivity contribution in [2.24, 2.45) is 0 Å². The summed E-state index contributed by atoms with van der Waals surface area (Å²) in [7, 11) is 0. The fraction of sp³-hybridized carbons (Fsp3) is 0.600. The zero-order valence-corrected chi connectivity index (χ0v) is 8.03. The average molecular weight is 178 g/mol. The van der Waals surface area contributed by atoms with E-state index in [1.807, 2.05) is 4.68 Å². The molecule has 0 N–H and O–H groups in total. The van der Waals surface area contributed by atoms with Crippen molar-refractivity contribution in [3.8, 4) is 0 Å². The number of hydrogen-bond acceptors (Lipinski definition) is 2. The summed E-state index contributed by atoms with van der Waals surface area (Å²) in [6.45, 7) is 4.20. The van der Waals surface area contributed by atoms with Gasteiger partial charge in [0.1, 0.15) is 0 Å². The second kappa shape index (κ2) is 2.98. The van der Waals surface area contributed by atoms with Crippen molar-refractivity contribution < 1.29 is 4.79 Å². The molecule has 1 saturated carbocycles. The van der Waals surface area contributed by atoms with Crippen LogP contribution in [0.1, 0.15) is 54.7 Å². The highest BCUT2D eigenvalue weighted by molar-refractivity contribution is 5.76. The minimum absolute atomic E-state index is 0.378. The van der Waals surface area contributed by atoms with E-state index >= 15 is 0 Å². The summed E-state index contributed by atoms with van der Waals surface area (Å²) in [6.07, 6.45) is 5.00. The van der Waals surface area contributed by atoms with Crippen molar-refractivity contribution in [3.05, 3.63) is 17.5 Å². The number of rotatable bonds is 3. The Labute approximate surface area is 77.7 Å². The lowest BCUT2D eigenvalue weighted by atomic mass is 10.1. The van der Waals surface area contributed by atoms with E-state index in [2.05, 4.69) is 18.9 Å². The molecule has 0 spiro atoms. The Morgan fingerprint density at radius 3 is 2.77 bits per heavy atom. The van der Waals surface area contributed by atoms with E-state index in [9.17, 15) is 4.79 Å². The summed E-state index contributed by atoms with van der Waals surface area (Å²) in [5.74, 6) is 0.378. The van der Waals surface area contributed by atoms with Gasteiger partial charge in [0.05, 0.1) is 23.5 Å². The third-order valence-electron chi connectivity index (χ3n) is 2.43. The van der Waals surface area contributed by atoms with Crippen LogP contribution in [0, 0.1) is 0 Å². The number of hydrogen-bond donors (Lipinski definition) is 0. The SMILES string of the molecule is CC(C)c1c(C=O)cnn1C1CC1. The molecule has 0 aliphatic heterocycles. The number of carbonyl (C=O) groups excluding carboxylic acids is 1. The summed E-state index contributed by atoms with van der Waals surface area (Å²) < 4.78 is 2.02. The molecule has 0 bridgehead atoms. The lowest BCUT2D eigenvalue weighted by Gasteiger charge is -2.09. The third-order valence-corrected chi connectivity index (χ3v) is 2.43. The quantitative estimate of drug-likeness (QED) is 0.665. The molecule has 0 radical (unpaired) electrons. The largest absolute Gasteiger partial charge is 0.298 e. The van der Waals surface area contributed by atoms with Gasteiger partial charge in [0, 0.05) is 0 Å². The highest BCUT2D eigenvalue weighted by Gasteiger charge is 2.28. The molecule has 1 fully saturated rings. The van der Waals surface area contributed by atoms with Crippen LogP contribution in [0.5, 0.6) is 0 Å². The zero-order valence-electron chi connectivity index (χ0n) is 8.03. The van der Waals surface area contributed by atoms with Crippen LogP contribution < -0.4 is 0 Å². The van der Waals surface area contributed by atoms with Crippen molar-refractivity contribution in [2.75, 3.05) is 0 Å². The van der Waals surface area contributed by atoms with Gasteiger partial charge in [-0.1, -0.05) is 13.8 Å². The van der Waals surface area contributed by atoms with Crippen LogP contribution in [0.4, 0.5) is 0 Å². The van der Waals surface area contributed by atoms with E-state index < -0.39 is 0 Å². The standard InChI is InChI=1S/C10H14N2O/c1-7(2)10-8(6-13)5-11-12(10)9-3-4-9/h5-7,9H,3-4H2,1-2H3. The van der Waals surface area contributed by atoms with Gasteiger partial charge in [0.15, 0.2) is 6.29 Å². The molecule has 3 nitrogen and oxygen atoms in total. The predicted octanol–water partition coefficient (Wildman–Crippen LogP) is 2.15. The second-order valence-corrected chi connectivity index (χ2v) is 3.93. The Balaban J connectivity index is 2.43. The summed E-state index contributed by atoms with van der Waals surface area (Å²) >= 11 is 0. The molecular weight excluding hydrogens is 164 g/mol. The average Bonchev–Trinajstić information content (AvgIpc) is 2.84. The van der Waals surface area contributed by atoms with Crippen LogP contribution in [0.2, 0.25) is 0 Å². The molecule has 1 aliphatic rings. The van der Waals surface area contributed by atoms with Gasteiger partial charge in [-0.05, 0) is 18.8 Å². The predicted molar refractivity (Wildman–Crippen MR) is 50.0 cm³/mol. The molecule has 1 aromatic rings. The topological polar surface area (TPSA) is 34.9 Å². The Kier molecular flexibility index (Phi) is 1.94. The number of aromatic nitrogens is 2. The fourth-order valence-electron chi connectivity index (χ4n) is 1.68. The van der Waals surface area contributed by atoms with Gasteiger partial charge in [0.25, 0.3) is 0 Å². The molecule has 3 heteroatoms. The normalized spacial score (nSPS) is 16.5. The van der Waals surface area contributed by atoms with E-state index in [4.69, 9.17) is 0 Å². The summed E-state index contributed by atoms with van der Waals surface area (Å²) in [5, 5.41) is 4.26. The third kappa shape index (κ3) is 1.39. The lowest BCUT2D eigenvalue weighted by Crippen LogP contribution is -2.05. The molecule has 70 valence electrons. The van der Waals surface area contributed by atoms with E-state index in [0.29, 0.717) is 12.0 Å². The van der Waals surface area contributed by atoms with Crippen LogP contribution in [-0.2, 0) is 0 Å². The molecular formula is C10H14N2O. The first kappa shape index (κ1) is 8.48. The van der Waals surface area contributed by atoms with E-state index in [1.165, 1.54) is 12.8 Å². The number of carbonyl (C=O) groups is 1. The Hall–Kier alpha value is -1.12. The lowest BCUT2D eigenvalue weighted by molar-refractivity contribution is 0.112. The molecule has 0 saturated heterocycles.